The second-order valence-electron chi connectivity index (χ2n) is 4.62. The Morgan fingerprint density at radius 1 is 1.28 bits per heavy atom. The Hall–Kier alpha value is -1.33. The molecule has 1 heterocycles. The molecule has 1 aromatic rings. The maximum atomic E-state index is 12.2. The van der Waals surface area contributed by atoms with Gasteiger partial charge in [-0.3, -0.25) is 0 Å². The van der Waals surface area contributed by atoms with E-state index in [4.69, 9.17) is 0 Å². The number of aryl methyl sites for hydroxylation is 1. The molecule has 0 saturated carbocycles. The highest BCUT2D eigenvalue weighted by atomic mass is 19.4. The molecule has 6 heteroatoms. The SMILES string of the molecule is CNc1cc(CC(C)C)nc(CCC(F)(F)F)n1. The Labute approximate surface area is 105 Å². The van der Waals surface area contributed by atoms with Gasteiger partial charge in [-0.25, -0.2) is 9.97 Å². The first-order chi connectivity index (χ1) is 8.30. The summed E-state index contributed by atoms with van der Waals surface area (Å²) in [6, 6.07) is 1.77. The molecule has 0 radical (unpaired) electrons. The van der Waals surface area contributed by atoms with E-state index >= 15 is 0 Å². The Bertz CT molecular complexity index is 389. The molecule has 0 unspecified atom stereocenters. The summed E-state index contributed by atoms with van der Waals surface area (Å²) in [4.78, 5) is 8.21. The fourth-order valence-corrected chi connectivity index (χ4v) is 1.57. The second-order valence-corrected chi connectivity index (χ2v) is 4.62. The molecule has 1 rings (SSSR count). The van der Waals surface area contributed by atoms with Crippen molar-refractivity contribution in [3.8, 4) is 0 Å². The Morgan fingerprint density at radius 2 is 1.94 bits per heavy atom. The van der Waals surface area contributed by atoms with Gasteiger partial charge in [-0.2, -0.15) is 13.2 Å². The minimum atomic E-state index is -4.17. The van der Waals surface area contributed by atoms with Gasteiger partial charge in [-0.05, 0) is 12.3 Å². The van der Waals surface area contributed by atoms with Gasteiger partial charge in [0.25, 0.3) is 0 Å². The summed E-state index contributed by atoms with van der Waals surface area (Å²) in [5.74, 6) is 1.22. The van der Waals surface area contributed by atoms with E-state index in [9.17, 15) is 13.2 Å². The molecule has 0 aliphatic heterocycles. The van der Waals surface area contributed by atoms with Crippen LogP contribution in [0.4, 0.5) is 19.0 Å². The molecule has 0 aliphatic carbocycles. The molecule has 0 spiro atoms. The number of rotatable bonds is 5. The number of aromatic nitrogens is 2. The summed E-state index contributed by atoms with van der Waals surface area (Å²) in [5.41, 5.74) is 0.779. The Balaban J connectivity index is 2.83. The molecule has 0 amide bonds. The lowest BCUT2D eigenvalue weighted by molar-refractivity contribution is -0.134. The maximum absolute atomic E-state index is 12.2. The van der Waals surface area contributed by atoms with Gasteiger partial charge in [0.15, 0.2) is 0 Å². The van der Waals surface area contributed by atoms with E-state index in [1.807, 2.05) is 13.8 Å². The molecule has 0 bridgehead atoms. The van der Waals surface area contributed by atoms with E-state index in [1.54, 1.807) is 13.1 Å². The van der Waals surface area contributed by atoms with E-state index in [-0.39, 0.29) is 12.2 Å². The maximum Gasteiger partial charge on any atom is 0.389 e. The highest BCUT2D eigenvalue weighted by Crippen LogP contribution is 2.21. The topological polar surface area (TPSA) is 37.8 Å². The lowest BCUT2D eigenvalue weighted by atomic mass is 10.1. The highest BCUT2D eigenvalue weighted by molar-refractivity contribution is 5.35. The lowest BCUT2D eigenvalue weighted by Gasteiger charge is -2.10. The van der Waals surface area contributed by atoms with Gasteiger partial charge in [0.05, 0.1) is 6.42 Å². The summed E-state index contributed by atoms with van der Waals surface area (Å²) >= 11 is 0. The zero-order valence-corrected chi connectivity index (χ0v) is 10.8. The zero-order chi connectivity index (χ0) is 13.8. The molecule has 3 nitrogen and oxygen atoms in total. The standard InChI is InChI=1S/C12H18F3N3/c1-8(2)6-9-7-11(16-3)18-10(17-9)4-5-12(13,14)15/h7-8H,4-6H2,1-3H3,(H,16,17,18). The molecule has 18 heavy (non-hydrogen) atoms. The van der Waals surface area contributed by atoms with Crippen LogP contribution in [0.1, 0.15) is 31.8 Å². The van der Waals surface area contributed by atoms with E-state index in [1.165, 1.54) is 0 Å². The minimum Gasteiger partial charge on any atom is -0.373 e. The van der Waals surface area contributed by atoms with Gasteiger partial charge in [-0.15, -0.1) is 0 Å². The monoisotopic (exact) mass is 261 g/mol. The van der Waals surface area contributed by atoms with Gasteiger partial charge >= 0.3 is 6.18 Å². The average Bonchev–Trinajstić information content (AvgIpc) is 2.24. The van der Waals surface area contributed by atoms with Gasteiger partial charge in [0.2, 0.25) is 0 Å². The van der Waals surface area contributed by atoms with Crippen LogP contribution in [-0.4, -0.2) is 23.2 Å². The van der Waals surface area contributed by atoms with Gasteiger partial charge in [0, 0.05) is 25.2 Å². The largest absolute Gasteiger partial charge is 0.389 e. The fourth-order valence-electron chi connectivity index (χ4n) is 1.57. The Morgan fingerprint density at radius 3 is 2.44 bits per heavy atom. The first-order valence-electron chi connectivity index (χ1n) is 5.91. The van der Waals surface area contributed by atoms with Crippen LogP contribution in [-0.2, 0) is 12.8 Å². The summed E-state index contributed by atoms with van der Waals surface area (Å²) in [6.07, 6.45) is -4.50. The number of hydrogen-bond acceptors (Lipinski definition) is 3. The predicted octanol–water partition coefficient (Wildman–Crippen LogP) is 3.21. The van der Waals surface area contributed by atoms with Gasteiger partial charge in [0.1, 0.15) is 11.6 Å². The summed E-state index contributed by atoms with van der Waals surface area (Å²) in [6.45, 7) is 4.08. The van der Waals surface area contributed by atoms with Crippen LogP contribution in [0.25, 0.3) is 0 Å². The van der Waals surface area contributed by atoms with Crippen molar-refractivity contribution in [3.63, 3.8) is 0 Å². The number of alkyl halides is 3. The molecule has 0 aliphatic rings. The average molecular weight is 261 g/mol. The quantitative estimate of drug-likeness (QED) is 0.884. The van der Waals surface area contributed by atoms with Crippen molar-refractivity contribution < 1.29 is 13.2 Å². The van der Waals surface area contributed by atoms with Gasteiger partial charge in [-0.1, -0.05) is 13.8 Å². The normalized spacial score (nSPS) is 11.9. The molecular formula is C12H18F3N3. The molecule has 0 aromatic carbocycles. The van der Waals surface area contributed by atoms with Crippen molar-refractivity contribution in [3.05, 3.63) is 17.6 Å². The van der Waals surface area contributed by atoms with Gasteiger partial charge < -0.3 is 5.32 Å². The van der Waals surface area contributed by atoms with Crippen molar-refractivity contribution in [2.45, 2.75) is 39.3 Å². The third kappa shape index (κ3) is 5.33. The van der Waals surface area contributed by atoms with Crippen LogP contribution in [0, 0.1) is 5.92 Å². The van der Waals surface area contributed by atoms with Crippen LogP contribution in [0.5, 0.6) is 0 Å². The van der Waals surface area contributed by atoms with E-state index < -0.39 is 12.6 Å². The van der Waals surface area contributed by atoms with Crippen molar-refractivity contribution in [1.82, 2.24) is 9.97 Å². The molecule has 0 fully saturated rings. The van der Waals surface area contributed by atoms with Crippen LogP contribution >= 0.6 is 0 Å². The minimum absolute atomic E-state index is 0.176. The molecule has 0 atom stereocenters. The summed E-state index contributed by atoms with van der Waals surface area (Å²) in [7, 11) is 1.69. The number of anilines is 1. The number of halogens is 3. The van der Waals surface area contributed by atoms with Crippen LogP contribution in [0.2, 0.25) is 0 Å². The Kier molecular flexibility index (Phi) is 4.93. The molecule has 1 N–H and O–H groups in total. The van der Waals surface area contributed by atoms with E-state index in [0.29, 0.717) is 11.7 Å². The second kappa shape index (κ2) is 6.02. The molecule has 1 aromatic heterocycles. The third-order valence-electron chi connectivity index (χ3n) is 2.33. The predicted molar refractivity (Wildman–Crippen MR) is 64.5 cm³/mol. The van der Waals surface area contributed by atoms with Crippen molar-refractivity contribution >= 4 is 5.82 Å². The first-order valence-corrected chi connectivity index (χ1v) is 5.91. The zero-order valence-electron chi connectivity index (χ0n) is 10.8. The van der Waals surface area contributed by atoms with Crippen LogP contribution in [0.3, 0.4) is 0 Å². The molecular weight excluding hydrogens is 243 g/mol. The molecule has 102 valence electrons. The van der Waals surface area contributed by atoms with E-state index in [0.717, 1.165) is 12.1 Å². The number of nitrogens with one attached hydrogen (secondary N) is 1. The number of nitrogens with zero attached hydrogens (tertiary/aromatic N) is 2. The smallest absolute Gasteiger partial charge is 0.373 e. The van der Waals surface area contributed by atoms with Crippen LogP contribution in [0.15, 0.2) is 6.07 Å². The first kappa shape index (κ1) is 14.7. The van der Waals surface area contributed by atoms with Crippen molar-refractivity contribution in [2.75, 3.05) is 12.4 Å². The third-order valence-corrected chi connectivity index (χ3v) is 2.33. The highest BCUT2D eigenvalue weighted by Gasteiger charge is 2.27. The van der Waals surface area contributed by atoms with Crippen molar-refractivity contribution in [2.24, 2.45) is 5.92 Å². The fraction of sp³-hybridized carbons (Fsp3) is 0.667. The van der Waals surface area contributed by atoms with E-state index in [2.05, 4.69) is 15.3 Å². The number of hydrogen-bond donors (Lipinski definition) is 1. The molecule has 0 saturated heterocycles. The summed E-state index contributed by atoms with van der Waals surface area (Å²) in [5, 5.41) is 2.85. The van der Waals surface area contributed by atoms with Crippen molar-refractivity contribution in [1.29, 1.82) is 0 Å². The van der Waals surface area contributed by atoms with Crippen LogP contribution < -0.4 is 5.32 Å². The summed E-state index contributed by atoms with van der Waals surface area (Å²) < 4.78 is 36.5. The lowest BCUT2D eigenvalue weighted by Crippen LogP contribution is -2.12.